The van der Waals surface area contributed by atoms with Gasteiger partial charge in [-0.2, -0.15) is 10.3 Å². The lowest BCUT2D eigenvalue weighted by Crippen LogP contribution is -2.76. The molecule has 2 aliphatic rings. The Hall–Kier alpha value is -3.12. The second-order valence-electron chi connectivity index (χ2n) is 9.31. The molecule has 9 nitrogen and oxygen atoms in total. The van der Waals surface area contributed by atoms with E-state index in [1.54, 1.807) is 17.1 Å². The lowest BCUT2D eigenvalue weighted by Gasteiger charge is -2.55. The number of carbonyl (C=O) groups excluding carboxylic acids is 3. The number of rotatable bonds is 12. The summed E-state index contributed by atoms with van der Waals surface area (Å²) in [6, 6.07) is 1.05. The van der Waals surface area contributed by atoms with E-state index < -0.39 is 18.2 Å². The Balaban J connectivity index is 2.35. The molecule has 0 bridgehead atoms. The third kappa shape index (κ3) is 6.97. The summed E-state index contributed by atoms with van der Waals surface area (Å²) in [7, 11) is 0. The molecular weight excluding hydrogens is 456 g/mol. The molecule has 2 fully saturated rings. The van der Waals surface area contributed by atoms with Crippen molar-refractivity contribution >= 4 is 17.8 Å². The van der Waals surface area contributed by atoms with E-state index in [2.05, 4.69) is 31.8 Å². The van der Waals surface area contributed by atoms with Gasteiger partial charge in [0.05, 0.1) is 19.2 Å². The molecule has 1 N–H and O–H groups in total. The van der Waals surface area contributed by atoms with E-state index in [-0.39, 0.29) is 38.0 Å². The van der Waals surface area contributed by atoms with Gasteiger partial charge < -0.3 is 15.1 Å². The van der Waals surface area contributed by atoms with E-state index in [4.69, 9.17) is 0 Å². The summed E-state index contributed by atoms with van der Waals surface area (Å²) in [5.74, 6) is 0.0702. The third-order valence-electron chi connectivity index (χ3n) is 6.96. The maximum Gasteiger partial charge on any atom is 0.334 e. The Morgan fingerprint density at radius 1 is 1.31 bits per heavy atom. The van der Waals surface area contributed by atoms with Crippen molar-refractivity contribution in [1.82, 2.24) is 25.1 Å². The molecule has 4 amide bonds. The van der Waals surface area contributed by atoms with Crippen LogP contribution in [-0.4, -0.2) is 82.6 Å². The maximum absolute atomic E-state index is 13.5. The zero-order chi connectivity index (χ0) is 26.7. The fourth-order valence-corrected chi connectivity index (χ4v) is 4.90. The van der Waals surface area contributed by atoms with Crippen LogP contribution in [-0.2, 0) is 9.59 Å². The molecule has 2 rings (SSSR count). The molecule has 2 aliphatic heterocycles. The maximum atomic E-state index is 13.5. The number of amides is 4. The molecule has 0 aromatic heterocycles. The first-order valence-electron chi connectivity index (χ1n) is 13.1. The molecular formula is C27H42N6O3. The molecule has 0 radical (unpaired) electrons. The third-order valence-corrected chi connectivity index (χ3v) is 6.96. The lowest BCUT2D eigenvalue weighted by molar-refractivity contribution is -0.189. The normalized spacial score (nSPS) is 22.0. The number of nitriles is 1. The molecule has 0 aliphatic carbocycles. The topological polar surface area (TPSA) is 100.0 Å². The molecule has 0 aromatic rings. The number of urea groups is 1. The monoisotopic (exact) mass is 498 g/mol. The average Bonchev–Trinajstić information content (AvgIpc) is 2.87. The first-order valence-corrected chi connectivity index (χ1v) is 13.1. The molecule has 2 unspecified atom stereocenters. The van der Waals surface area contributed by atoms with Gasteiger partial charge in [0.25, 0.3) is 0 Å². The molecule has 36 heavy (non-hydrogen) atoms. The van der Waals surface area contributed by atoms with Gasteiger partial charge in [0.2, 0.25) is 11.8 Å². The Labute approximate surface area is 216 Å². The Morgan fingerprint density at radius 3 is 2.64 bits per heavy atom. The van der Waals surface area contributed by atoms with Crippen LogP contribution in [0.2, 0.25) is 0 Å². The molecule has 2 saturated heterocycles. The summed E-state index contributed by atoms with van der Waals surface area (Å²) in [4.78, 5) is 43.5. The highest BCUT2D eigenvalue weighted by Crippen LogP contribution is 2.29. The van der Waals surface area contributed by atoms with Gasteiger partial charge >= 0.3 is 6.03 Å². The number of allylic oxidation sites excluding steroid dienone is 3. The van der Waals surface area contributed by atoms with Crippen LogP contribution in [0, 0.1) is 17.2 Å². The molecule has 0 spiro atoms. The number of hydrazine groups is 1. The highest BCUT2D eigenvalue weighted by Gasteiger charge is 2.50. The number of fused-ring (bicyclic) bond motifs is 1. The van der Waals surface area contributed by atoms with Crippen molar-refractivity contribution in [1.29, 1.82) is 5.26 Å². The summed E-state index contributed by atoms with van der Waals surface area (Å²) in [6.45, 7) is 12.6. The fraction of sp³-hybridized carbons (Fsp3) is 0.630. The van der Waals surface area contributed by atoms with Gasteiger partial charge in [-0.3, -0.25) is 9.59 Å². The lowest BCUT2D eigenvalue weighted by atomic mass is 9.96. The van der Waals surface area contributed by atoms with Gasteiger partial charge in [0.15, 0.2) is 0 Å². The molecule has 0 aromatic carbocycles. The van der Waals surface area contributed by atoms with Crippen molar-refractivity contribution in [2.45, 2.75) is 72.0 Å². The average molecular weight is 499 g/mol. The Bertz CT molecular complexity index is 892. The van der Waals surface area contributed by atoms with Crippen LogP contribution < -0.4 is 5.32 Å². The zero-order valence-corrected chi connectivity index (χ0v) is 22.3. The van der Waals surface area contributed by atoms with Crippen molar-refractivity contribution in [2.75, 3.05) is 32.7 Å². The molecule has 2 heterocycles. The zero-order valence-electron chi connectivity index (χ0n) is 22.3. The van der Waals surface area contributed by atoms with Crippen molar-refractivity contribution < 1.29 is 14.4 Å². The number of carbonyl (C=O) groups is 3. The van der Waals surface area contributed by atoms with Gasteiger partial charge in [0, 0.05) is 13.1 Å². The summed E-state index contributed by atoms with van der Waals surface area (Å²) < 4.78 is 0. The van der Waals surface area contributed by atoms with E-state index >= 15 is 0 Å². The number of hydrogen-bond acceptors (Lipinski definition) is 5. The van der Waals surface area contributed by atoms with Crippen LogP contribution in [0.4, 0.5) is 4.79 Å². The largest absolute Gasteiger partial charge is 0.337 e. The van der Waals surface area contributed by atoms with Crippen LogP contribution in [0.5, 0.6) is 0 Å². The van der Waals surface area contributed by atoms with Crippen LogP contribution in [0.15, 0.2) is 36.5 Å². The standard InChI is InChI=1S/C27H42N6O3/c1-6-11-13-21(8-3)17-29-27(36)33-24-19-30(18-22(9-4)14-12-7-2)26(35)23(10-5)32(24)25(34)20-31(33)16-15-28/h6,8,11,13,22-24H,1,7,9-10,12,14,16-20H2,2-5H3,(H,29,36)/b13-11-,21-8+/t22?,23-,24?/m0/s1. The van der Waals surface area contributed by atoms with Crippen molar-refractivity contribution in [2.24, 2.45) is 5.92 Å². The van der Waals surface area contributed by atoms with Gasteiger partial charge in [-0.15, -0.1) is 0 Å². The van der Waals surface area contributed by atoms with E-state index in [1.165, 1.54) is 10.0 Å². The number of nitrogens with zero attached hydrogens (tertiary/aromatic N) is 5. The second kappa shape index (κ2) is 14.4. The smallest absolute Gasteiger partial charge is 0.334 e. The summed E-state index contributed by atoms with van der Waals surface area (Å²) in [6.07, 6.45) is 11.2. The van der Waals surface area contributed by atoms with Crippen molar-refractivity contribution in [3.8, 4) is 6.07 Å². The van der Waals surface area contributed by atoms with E-state index in [1.807, 2.05) is 30.9 Å². The number of hydrogen-bond donors (Lipinski definition) is 1. The summed E-state index contributed by atoms with van der Waals surface area (Å²) >= 11 is 0. The predicted molar refractivity (Wildman–Crippen MR) is 140 cm³/mol. The number of unbranched alkanes of at least 4 members (excludes halogenated alkanes) is 1. The Morgan fingerprint density at radius 2 is 2.06 bits per heavy atom. The quantitative estimate of drug-likeness (QED) is 0.328. The SMILES string of the molecule is C=C/C=C\C(=C/C)CNC(=O)N1C2CN(CC(CC)CCCC)C(=O)[C@H](CC)N2C(=O)CN1CC#N. The second-order valence-corrected chi connectivity index (χ2v) is 9.31. The van der Waals surface area contributed by atoms with Gasteiger partial charge in [-0.05, 0) is 31.3 Å². The number of nitrogens with one attached hydrogen (secondary N) is 1. The molecule has 3 atom stereocenters. The van der Waals surface area contributed by atoms with Crippen molar-refractivity contribution in [3.63, 3.8) is 0 Å². The minimum atomic E-state index is -0.663. The van der Waals surface area contributed by atoms with E-state index in [0.717, 1.165) is 31.3 Å². The van der Waals surface area contributed by atoms with E-state index in [9.17, 15) is 19.6 Å². The van der Waals surface area contributed by atoms with Crippen molar-refractivity contribution in [3.05, 3.63) is 36.5 Å². The number of piperazine rings is 1. The highest BCUT2D eigenvalue weighted by atomic mass is 16.2. The van der Waals surface area contributed by atoms with Crippen LogP contribution in [0.3, 0.4) is 0 Å². The minimum Gasteiger partial charge on any atom is -0.337 e. The first-order chi connectivity index (χ1) is 17.4. The molecule has 9 heteroatoms. The first kappa shape index (κ1) is 29.1. The van der Waals surface area contributed by atoms with Crippen LogP contribution >= 0.6 is 0 Å². The summed E-state index contributed by atoms with van der Waals surface area (Å²) in [5.41, 5.74) is 0.897. The summed E-state index contributed by atoms with van der Waals surface area (Å²) in [5, 5.41) is 15.3. The molecule has 198 valence electrons. The predicted octanol–water partition coefficient (Wildman–Crippen LogP) is 3.43. The van der Waals surface area contributed by atoms with Gasteiger partial charge in [-0.25, -0.2) is 9.80 Å². The van der Waals surface area contributed by atoms with Crippen LogP contribution in [0.1, 0.15) is 59.8 Å². The Kier molecular flexibility index (Phi) is 11.7. The van der Waals surface area contributed by atoms with E-state index in [0.29, 0.717) is 18.9 Å². The minimum absolute atomic E-state index is 0.0584. The fourth-order valence-electron chi connectivity index (χ4n) is 4.90. The van der Waals surface area contributed by atoms with Gasteiger partial charge in [-0.1, -0.05) is 70.9 Å². The highest BCUT2D eigenvalue weighted by molar-refractivity contribution is 5.91. The van der Waals surface area contributed by atoms with Crippen LogP contribution in [0.25, 0.3) is 0 Å². The van der Waals surface area contributed by atoms with Gasteiger partial charge in [0.1, 0.15) is 18.8 Å². The molecule has 0 saturated carbocycles.